The van der Waals surface area contributed by atoms with Gasteiger partial charge in [-0.1, -0.05) is 54.1 Å². The molecule has 0 aliphatic heterocycles. The molecule has 9 heteroatoms. The van der Waals surface area contributed by atoms with Gasteiger partial charge in [-0.05, 0) is 42.3 Å². The fourth-order valence-corrected chi connectivity index (χ4v) is 3.11. The number of alkyl halides is 3. The molecule has 0 aromatic heterocycles. The van der Waals surface area contributed by atoms with Crippen molar-refractivity contribution in [1.82, 2.24) is 5.32 Å². The number of carbonyl (C=O) groups is 2. The van der Waals surface area contributed by atoms with Crippen LogP contribution >= 0.6 is 0 Å². The standard InChI is InChI=1S/C25H23F3N2O4/c1-16-6-8-17(9-7-16)15-29-24(33)34-22(14-25(26,27)28)18-10-12-19(13-11-18)23(32)30-20-4-2-3-5-21(20)31/h2-13,22,31H,14-15H2,1H3,(H,29,33)(H,30,32)/t22-/m1/s1. The van der Waals surface area contributed by atoms with Crippen molar-refractivity contribution in [2.24, 2.45) is 0 Å². The quantitative estimate of drug-likeness (QED) is 0.375. The molecule has 0 radical (unpaired) electrons. The Balaban J connectivity index is 1.67. The second kappa shape index (κ2) is 10.7. The van der Waals surface area contributed by atoms with Crippen LogP contribution in [0, 0.1) is 6.92 Å². The smallest absolute Gasteiger partial charge is 0.408 e. The molecule has 2 amide bonds. The molecule has 1 atom stereocenters. The number of phenols is 1. The molecule has 6 nitrogen and oxygen atoms in total. The minimum absolute atomic E-state index is 0.0851. The molecule has 178 valence electrons. The van der Waals surface area contributed by atoms with E-state index in [1.54, 1.807) is 24.3 Å². The minimum atomic E-state index is -4.58. The van der Waals surface area contributed by atoms with E-state index in [0.717, 1.165) is 11.1 Å². The first-order valence-corrected chi connectivity index (χ1v) is 10.4. The molecule has 0 saturated carbocycles. The van der Waals surface area contributed by atoms with Crippen molar-refractivity contribution in [3.8, 4) is 5.75 Å². The predicted octanol–water partition coefficient (Wildman–Crippen LogP) is 5.87. The van der Waals surface area contributed by atoms with Crippen LogP contribution in [0.2, 0.25) is 0 Å². The third-order valence-electron chi connectivity index (χ3n) is 4.92. The molecule has 3 rings (SSSR count). The average Bonchev–Trinajstić information content (AvgIpc) is 2.79. The van der Waals surface area contributed by atoms with Crippen LogP contribution in [-0.2, 0) is 11.3 Å². The number of hydrogen-bond donors (Lipinski definition) is 3. The fourth-order valence-electron chi connectivity index (χ4n) is 3.11. The number of benzene rings is 3. The lowest BCUT2D eigenvalue weighted by Gasteiger charge is -2.20. The van der Waals surface area contributed by atoms with Gasteiger partial charge >= 0.3 is 12.3 Å². The first-order valence-electron chi connectivity index (χ1n) is 10.4. The molecule has 3 aromatic carbocycles. The average molecular weight is 472 g/mol. The van der Waals surface area contributed by atoms with E-state index in [-0.39, 0.29) is 29.1 Å². The van der Waals surface area contributed by atoms with Gasteiger partial charge in [-0.15, -0.1) is 0 Å². The summed E-state index contributed by atoms with van der Waals surface area (Å²) in [7, 11) is 0. The molecule has 0 heterocycles. The maximum atomic E-state index is 13.1. The molecule has 3 aromatic rings. The van der Waals surface area contributed by atoms with Crippen LogP contribution in [0.4, 0.5) is 23.7 Å². The zero-order valence-corrected chi connectivity index (χ0v) is 18.2. The van der Waals surface area contributed by atoms with Crippen molar-refractivity contribution in [3.05, 3.63) is 95.1 Å². The van der Waals surface area contributed by atoms with Crippen molar-refractivity contribution in [1.29, 1.82) is 0 Å². The molecule has 0 aliphatic rings. The number of alkyl carbamates (subject to hydrolysis) is 1. The Morgan fingerprint density at radius 1 is 0.971 bits per heavy atom. The molecular weight excluding hydrogens is 449 g/mol. The highest BCUT2D eigenvalue weighted by atomic mass is 19.4. The van der Waals surface area contributed by atoms with E-state index in [0.29, 0.717) is 0 Å². The summed E-state index contributed by atoms with van der Waals surface area (Å²) in [4.78, 5) is 24.6. The molecule has 0 unspecified atom stereocenters. The highest BCUT2D eigenvalue weighted by molar-refractivity contribution is 6.05. The van der Waals surface area contributed by atoms with Gasteiger partial charge in [-0.3, -0.25) is 4.79 Å². The van der Waals surface area contributed by atoms with Gasteiger partial charge in [0, 0.05) is 12.1 Å². The van der Waals surface area contributed by atoms with E-state index in [4.69, 9.17) is 4.74 Å². The van der Waals surface area contributed by atoms with Crippen LogP contribution in [0.15, 0.2) is 72.8 Å². The minimum Gasteiger partial charge on any atom is -0.506 e. The summed E-state index contributed by atoms with van der Waals surface area (Å²) in [6.07, 6.45) is -8.54. The Morgan fingerprint density at radius 3 is 2.24 bits per heavy atom. The number of para-hydroxylation sites is 2. The lowest BCUT2D eigenvalue weighted by Crippen LogP contribution is -2.27. The topological polar surface area (TPSA) is 87.7 Å². The lowest BCUT2D eigenvalue weighted by molar-refractivity contribution is -0.154. The molecule has 0 bridgehead atoms. The van der Waals surface area contributed by atoms with Crippen LogP contribution in [0.5, 0.6) is 5.75 Å². The molecular formula is C25H23F3N2O4. The number of amides is 2. The van der Waals surface area contributed by atoms with Gasteiger partial charge in [0.2, 0.25) is 0 Å². The zero-order chi connectivity index (χ0) is 24.7. The number of phenolic OH excluding ortho intramolecular Hbond substituents is 1. The number of ether oxygens (including phenoxy) is 1. The second-order valence-corrected chi connectivity index (χ2v) is 7.65. The predicted molar refractivity (Wildman–Crippen MR) is 120 cm³/mol. The Kier molecular flexibility index (Phi) is 7.78. The molecule has 34 heavy (non-hydrogen) atoms. The Labute approximate surface area is 194 Å². The summed E-state index contributed by atoms with van der Waals surface area (Å²) in [5.74, 6) is -0.681. The number of rotatable bonds is 7. The number of hydrogen-bond acceptors (Lipinski definition) is 4. The van der Waals surface area contributed by atoms with E-state index >= 15 is 0 Å². The monoisotopic (exact) mass is 472 g/mol. The van der Waals surface area contributed by atoms with E-state index < -0.39 is 30.7 Å². The maximum Gasteiger partial charge on any atom is 0.408 e. The van der Waals surface area contributed by atoms with Gasteiger partial charge in [0.1, 0.15) is 11.9 Å². The normalized spacial score (nSPS) is 12.0. The maximum absolute atomic E-state index is 13.1. The fraction of sp³-hybridized carbons (Fsp3) is 0.200. The van der Waals surface area contributed by atoms with E-state index in [1.807, 2.05) is 19.1 Å². The highest BCUT2D eigenvalue weighted by Gasteiger charge is 2.35. The van der Waals surface area contributed by atoms with Crippen LogP contribution in [0.3, 0.4) is 0 Å². The largest absolute Gasteiger partial charge is 0.506 e. The van der Waals surface area contributed by atoms with E-state index in [9.17, 15) is 27.9 Å². The number of nitrogens with one attached hydrogen (secondary N) is 2. The van der Waals surface area contributed by atoms with Gasteiger partial charge in [-0.25, -0.2) is 4.79 Å². The lowest BCUT2D eigenvalue weighted by atomic mass is 10.0. The molecule has 0 saturated heterocycles. The number of halogens is 3. The van der Waals surface area contributed by atoms with Crippen LogP contribution < -0.4 is 10.6 Å². The molecule has 3 N–H and O–H groups in total. The first-order chi connectivity index (χ1) is 16.1. The van der Waals surface area contributed by atoms with Crippen LogP contribution in [0.25, 0.3) is 0 Å². The Morgan fingerprint density at radius 2 is 1.62 bits per heavy atom. The van der Waals surface area contributed by atoms with Gasteiger partial charge < -0.3 is 20.5 Å². The third kappa shape index (κ3) is 7.26. The highest BCUT2D eigenvalue weighted by Crippen LogP contribution is 2.32. The third-order valence-corrected chi connectivity index (χ3v) is 4.92. The number of aromatic hydroxyl groups is 1. The number of aryl methyl sites for hydroxylation is 1. The summed E-state index contributed by atoms with van der Waals surface area (Å²) in [5.41, 5.74) is 2.24. The summed E-state index contributed by atoms with van der Waals surface area (Å²) in [6.45, 7) is 2.01. The van der Waals surface area contributed by atoms with E-state index in [1.165, 1.54) is 36.4 Å². The summed E-state index contributed by atoms with van der Waals surface area (Å²) in [6, 6.07) is 18.7. The van der Waals surface area contributed by atoms with Gasteiger partial charge in [0.25, 0.3) is 5.91 Å². The van der Waals surface area contributed by atoms with Gasteiger partial charge in [-0.2, -0.15) is 13.2 Å². The van der Waals surface area contributed by atoms with Crippen LogP contribution in [0.1, 0.15) is 39.6 Å². The summed E-state index contributed by atoms with van der Waals surface area (Å²) in [5, 5.41) is 14.7. The Bertz CT molecular complexity index is 1130. The van der Waals surface area contributed by atoms with Crippen LogP contribution in [-0.4, -0.2) is 23.3 Å². The second-order valence-electron chi connectivity index (χ2n) is 7.65. The molecule has 0 aliphatic carbocycles. The van der Waals surface area contributed by atoms with Crippen molar-refractivity contribution in [3.63, 3.8) is 0 Å². The van der Waals surface area contributed by atoms with Gasteiger partial charge in [0.15, 0.2) is 0 Å². The summed E-state index contributed by atoms with van der Waals surface area (Å²) < 4.78 is 44.4. The first kappa shape index (κ1) is 24.6. The van der Waals surface area contributed by atoms with Crippen molar-refractivity contribution in [2.75, 3.05) is 5.32 Å². The molecule has 0 fully saturated rings. The van der Waals surface area contributed by atoms with Crippen molar-refractivity contribution in [2.45, 2.75) is 32.2 Å². The van der Waals surface area contributed by atoms with Crippen molar-refractivity contribution >= 4 is 17.7 Å². The summed E-state index contributed by atoms with van der Waals surface area (Å²) >= 11 is 0. The Hall–Kier alpha value is -4.01. The molecule has 0 spiro atoms. The van der Waals surface area contributed by atoms with Crippen molar-refractivity contribution < 1.29 is 32.6 Å². The van der Waals surface area contributed by atoms with Gasteiger partial charge in [0.05, 0.1) is 12.1 Å². The van der Waals surface area contributed by atoms with E-state index in [2.05, 4.69) is 10.6 Å². The SMILES string of the molecule is Cc1ccc(CNC(=O)O[C@H](CC(F)(F)F)c2ccc(C(=O)Nc3ccccc3O)cc2)cc1. The number of anilines is 1. The zero-order valence-electron chi connectivity index (χ0n) is 18.2. The number of carbonyl (C=O) groups excluding carboxylic acids is 2.